The number of carboxylic acid groups (broad SMARTS) is 1. The van der Waals surface area contributed by atoms with Crippen LogP contribution in [-0.4, -0.2) is 24.7 Å². The van der Waals surface area contributed by atoms with E-state index in [9.17, 15) is 9.18 Å². The highest BCUT2D eigenvalue weighted by Crippen LogP contribution is 2.20. The zero-order valence-corrected chi connectivity index (χ0v) is 9.00. The van der Waals surface area contributed by atoms with E-state index in [0.717, 1.165) is 0 Å². The maximum atomic E-state index is 13.3. The summed E-state index contributed by atoms with van der Waals surface area (Å²) in [6, 6.07) is 4.37. The normalized spacial score (nSPS) is 9.88. The van der Waals surface area contributed by atoms with Crippen LogP contribution in [0.3, 0.4) is 0 Å². The van der Waals surface area contributed by atoms with Crippen molar-refractivity contribution in [2.45, 2.75) is 12.8 Å². The highest BCUT2D eigenvalue weighted by Gasteiger charge is 2.03. The molecule has 0 bridgehead atoms. The van der Waals surface area contributed by atoms with Gasteiger partial charge in [0.05, 0.1) is 12.8 Å². The number of carboxylic acids is 1. The van der Waals surface area contributed by atoms with E-state index < -0.39 is 5.97 Å². The van der Waals surface area contributed by atoms with Crippen LogP contribution in [0.25, 0.3) is 0 Å². The molecule has 1 aromatic rings. The third-order valence-corrected chi connectivity index (χ3v) is 2.06. The van der Waals surface area contributed by atoms with Crippen LogP contribution in [0, 0.1) is 5.82 Å². The van der Waals surface area contributed by atoms with Crippen LogP contribution in [0.1, 0.15) is 12.8 Å². The zero-order valence-electron chi connectivity index (χ0n) is 9.00. The molecule has 16 heavy (non-hydrogen) atoms. The lowest BCUT2D eigenvalue weighted by Crippen LogP contribution is -2.06. The lowest BCUT2D eigenvalue weighted by atomic mass is 10.2. The zero-order chi connectivity index (χ0) is 12.0. The van der Waals surface area contributed by atoms with E-state index in [1.165, 1.54) is 25.3 Å². The summed E-state index contributed by atoms with van der Waals surface area (Å²) in [6.45, 7) is 0.413. The number of hydrogen-bond acceptors (Lipinski definition) is 3. The van der Waals surface area contributed by atoms with Crippen molar-refractivity contribution in [3.05, 3.63) is 24.0 Å². The topological polar surface area (TPSA) is 58.6 Å². The van der Waals surface area contributed by atoms with Gasteiger partial charge in [-0.3, -0.25) is 4.79 Å². The van der Waals surface area contributed by atoms with Gasteiger partial charge in [-0.05, 0) is 18.6 Å². The Morgan fingerprint density at radius 1 is 1.56 bits per heavy atom. The maximum absolute atomic E-state index is 13.3. The SMILES string of the molecule is COc1ccc(F)c(NCCCC(=O)O)c1. The summed E-state index contributed by atoms with van der Waals surface area (Å²) in [5, 5.41) is 11.3. The lowest BCUT2D eigenvalue weighted by molar-refractivity contribution is -0.137. The average Bonchev–Trinajstić information content (AvgIpc) is 2.26. The van der Waals surface area contributed by atoms with E-state index in [0.29, 0.717) is 24.4 Å². The predicted molar refractivity (Wildman–Crippen MR) is 58.3 cm³/mol. The Balaban J connectivity index is 2.49. The minimum Gasteiger partial charge on any atom is -0.497 e. The summed E-state index contributed by atoms with van der Waals surface area (Å²) in [4.78, 5) is 10.3. The van der Waals surface area contributed by atoms with Gasteiger partial charge in [-0.25, -0.2) is 4.39 Å². The molecule has 0 aliphatic rings. The van der Waals surface area contributed by atoms with Crippen LogP contribution in [-0.2, 0) is 4.79 Å². The third kappa shape index (κ3) is 3.76. The average molecular weight is 227 g/mol. The second-order valence-corrected chi connectivity index (χ2v) is 3.27. The summed E-state index contributed by atoms with van der Waals surface area (Å²) < 4.78 is 18.2. The number of rotatable bonds is 6. The van der Waals surface area contributed by atoms with Crippen molar-refractivity contribution in [1.82, 2.24) is 0 Å². The Morgan fingerprint density at radius 3 is 2.94 bits per heavy atom. The predicted octanol–water partition coefficient (Wildman–Crippen LogP) is 2.11. The van der Waals surface area contributed by atoms with Crippen LogP contribution < -0.4 is 10.1 Å². The second kappa shape index (κ2) is 5.95. The van der Waals surface area contributed by atoms with Crippen LogP contribution in [0.2, 0.25) is 0 Å². The van der Waals surface area contributed by atoms with Gasteiger partial charge in [0, 0.05) is 19.0 Å². The Kier molecular flexibility index (Phi) is 4.57. The smallest absolute Gasteiger partial charge is 0.303 e. The third-order valence-electron chi connectivity index (χ3n) is 2.06. The van der Waals surface area contributed by atoms with Crippen molar-refractivity contribution in [3.63, 3.8) is 0 Å². The summed E-state index contributed by atoms with van der Waals surface area (Å²) in [7, 11) is 1.50. The first-order valence-corrected chi connectivity index (χ1v) is 4.92. The molecule has 0 saturated heterocycles. The number of nitrogens with one attached hydrogen (secondary N) is 1. The molecule has 0 radical (unpaired) electrons. The van der Waals surface area contributed by atoms with Crippen molar-refractivity contribution in [2.24, 2.45) is 0 Å². The lowest BCUT2D eigenvalue weighted by Gasteiger charge is -2.08. The van der Waals surface area contributed by atoms with Crippen LogP contribution in [0.5, 0.6) is 5.75 Å². The fraction of sp³-hybridized carbons (Fsp3) is 0.364. The van der Waals surface area contributed by atoms with Gasteiger partial charge in [0.1, 0.15) is 11.6 Å². The molecule has 0 atom stereocenters. The summed E-state index contributed by atoms with van der Waals surface area (Å²) in [6.07, 6.45) is 0.518. The second-order valence-electron chi connectivity index (χ2n) is 3.27. The quantitative estimate of drug-likeness (QED) is 0.731. The Bertz CT molecular complexity index is 368. The molecule has 2 N–H and O–H groups in total. The highest BCUT2D eigenvalue weighted by atomic mass is 19.1. The number of benzene rings is 1. The van der Waals surface area contributed by atoms with Gasteiger partial charge in [-0.2, -0.15) is 0 Å². The number of halogens is 1. The minimum atomic E-state index is -0.854. The molecule has 0 saturated carbocycles. The van der Waals surface area contributed by atoms with Crippen molar-refractivity contribution in [3.8, 4) is 5.75 Å². The largest absolute Gasteiger partial charge is 0.497 e. The molecule has 1 aromatic carbocycles. The van der Waals surface area contributed by atoms with Gasteiger partial charge in [-0.1, -0.05) is 0 Å². The number of aliphatic carboxylic acids is 1. The summed E-state index contributed by atoms with van der Waals surface area (Å²) in [5.74, 6) is -0.675. The van der Waals surface area contributed by atoms with Gasteiger partial charge >= 0.3 is 5.97 Å². The van der Waals surface area contributed by atoms with E-state index >= 15 is 0 Å². The Morgan fingerprint density at radius 2 is 2.31 bits per heavy atom. The van der Waals surface area contributed by atoms with Gasteiger partial charge in [0.2, 0.25) is 0 Å². The molecule has 0 aliphatic carbocycles. The fourth-order valence-electron chi connectivity index (χ4n) is 1.23. The minimum absolute atomic E-state index is 0.0680. The Hall–Kier alpha value is -1.78. The molecule has 1 rings (SSSR count). The molecule has 0 heterocycles. The van der Waals surface area contributed by atoms with Crippen LogP contribution in [0.15, 0.2) is 18.2 Å². The van der Waals surface area contributed by atoms with Gasteiger partial charge in [0.15, 0.2) is 0 Å². The van der Waals surface area contributed by atoms with Crippen molar-refractivity contribution in [2.75, 3.05) is 19.0 Å². The number of carbonyl (C=O) groups is 1. The number of hydrogen-bond donors (Lipinski definition) is 2. The molecule has 88 valence electrons. The van der Waals surface area contributed by atoms with Crippen LogP contribution >= 0.6 is 0 Å². The molecular weight excluding hydrogens is 213 g/mol. The molecular formula is C11H14FNO3. The Labute approximate surface area is 93.0 Å². The summed E-state index contributed by atoms with van der Waals surface area (Å²) >= 11 is 0. The van der Waals surface area contributed by atoms with Crippen molar-refractivity contribution in [1.29, 1.82) is 0 Å². The van der Waals surface area contributed by atoms with Crippen molar-refractivity contribution < 1.29 is 19.0 Å². The maximum Gasteiger partial charge on any atom is 0.303 e. The van der Waals surface area contributed by atoms with E-state index in [2.05, 4.69) is 5.32 Å². The van der Waals surface area contributed by atoms with E-state index in [1.54, 1.807) is 0 Å². The first-order valence-electron chi connectivity index (χ1n) is 4.92. The molecule has 0 amide bonds. The summed E-state index contributed by atoms with van der Waals surface area (Å²) in [5.41, 5.74) is 0.324. The van der Waals surface area contributed by atoms with Crippen molar-refractivity contribution >= 4 is 11.7 Å². The molecule has 4 nitrogen and oxygen atoms in total. The molecule has 0 spiro atoms. The highest BCUT2D eigenvalue weighted by molar-refractivity contribution is 5.66. The standard InChI is InChI=1S/C11H14FNO3/c1-16-8-4-5-9(12)10(7-8)13-6-2-3-11(14)15/h4-5,7,13H,2-3,6H2,1H3,(H,14,15). The molecule has 5 heteroatoms. The van der Waals surface area contributed by atoms with E-state index in [-0.39, 0.29) is 12.2 Å². The molecule has 0 fully saturated rings. The van der Waals surface area contributed by atoms with E-state index in [4.69, 9.17) is 9.84 Å². The first kappa shape index (κ1) is 12.3. The number of methoxy groups -OCH3 is 1. The van der Waals surface area contributed by atoms with E-state index in [1.807, 2.05) is 0 Å². The molecule has 0 aliphatic heterocycles. The fourth-order valence-corrected chi connectivity index (χ4v) is 1.23. The molecule has 0 aromatic heterocycles. The first-order chi connectivity index (χ1) is 7.63. The van der Waals surface area contributed by atoms with Gasteiger partial charge < -0.3 is 15.2 Å². The van der Waals surface area contributed by atoms with Gasteiger partial charge in [-0.15, -0.1) is 0 Å². The van der Waals surface area contributed by atoms with Crippen LogP contribution in [0.4, 0.5) is 10.1 Å². The molecule has 0 unspecified atom stereocenters. The number of anilines is 1. The van der Waals surface area contributed by atoms with Gasteiger partial charge in [0.25, 0.3) is 0 Å². The monoisotopic (exact) mass is 227 g/mol. The number of ether oxygens (including phenoxy) is 1.